The first-order valence-electron chi connectivity index (χ1n) is 8.59. The topological polar surface area (TPSA) is 32.5 Å². The molecule has 0 saturated carbocycles. The summed E-state index contributed by atoms with van der Waals surface area (Å²) in [5, 5.41) is 0. The minimum atomic E-state index is 0.609. The van der Waals surface area contributed by atoms with Crippen LogP contribution in [-0.4, -0.2) is 40.5 Å². The third-order valence-electron chi connectivity index (χ3n) is 4.76. The van der Waals surface area contributed by atoms with Crippen LogP contribution in [0.15, 0.2) is 34.7 Å². The molecule has 23 heavy (non-hydrogen) atoms. The fraction of sp³-hybridized carbons (Fsp3) is 0.526. The van der Waals surface area contributed by atoms with Gasteiger partial charge in [0.25, 0.3) is 0 Å². The Morgan fingerprint density at radius 1 is 1.13 bits per heavy atom. The molecule has 1 atom stereocenters. The number of hydrogen-bond acceptors (Lipinski definition) is 4. The zero-order chi connectivity index (χ0) is 16.2. The van der Waals surface area contributed by atoms with E-state index in [4.69, 9.17) is 4.42 Å². The molecule has 2 heterocycles. The molecule has 0 bridgehead atoms. The van der Waals surface area contributed by atoms with E-state index in [0.717, 1.165) is 50.1 Å². The number of aromatic nitrogens is 1. The fourth-order valence-electron chi connectivity index (χ4n) is 3.44. The van der Waals surface area contributed by atoms with Gasteiger partial charge in [0.05, 0.1) is 5.69 Å². The van der Waals surface area contributed by atoms with E-state index in [2.05, 4.69) is 52.0 Å². The Morgan fingerprint density at radius 2 is 1.91 bits per heavy atom. The Hall–Kier alpha value is -1.65. The van der Waals surface area contributed by atoms with Crippen molar-refractivity contribution >= 4 is 0 Å². The van der Waals surface area contributed by atoms with Gasteiger partial charge in [0.1, 0.15) is 5.76 Å². The number of rotatable bonds is 5. The van der Waals surface area contributed by atoms with E-state index < -0.39 is 0 Å². The van der Waals surface area contributed by atoms with Crippen LogP contribution < -0.4 is 0 Å². The summed E-state index contributed by atoms with van der Waals surface area (Å²) in [7, 11) is 0. The number of piperazine rings is 1. The third-order valence-corrected chi connectivity index (χ3v) is 4.76. The zero-order valence-electron chi connectivity index (χ0n) is 14.5. The fourth-order valence-corrected chi connectivity index (χ4v) is 3.44. The van der Waals surface area contributed by atoms with Crippen molar-refractivity contribution in [2.45, 2.75) is 46.3 Å². The zero-order valence-corrected chi connectivity index (χ0v) is 14.5. The van der Waals surface area contributed by atoms with Crippen LogP contribution in [0.2, 0.25) is 0 Å². The Labute approximate surface area is 139 Å². The van der Waals surface area contributed by atoms with E-state index in [0.29, 0.717) is 6.04 Å². The Kier molecular flexibility index (Phi) is 5.13. The molecule has 0 amide bonds. The van der Waals surface area contributed by atoms with E-state index in [1.807, 2.05) is 13.8 Å². The van der Waals surface area contributed by atoms with Crippen molar-refractivity contribution in [2.75, 3.05) is 19.6 Å². The number of aryl methyl sites for hydroxylation is 2. The highest BCUT2D eigenvalue weighted by molar-refractivity contribution is 5.15. The molecule has 0 radical (unpaired) electrons. The first-order chi connectivity index (χ1) is 11.2. The molecule has 1 aliphatic heterocycles. The van der Waals surface area contributed by atoms with Gasteiger partial charge in [0.15, 0.2) is 5.89 Å². The van der Waals surface area contributed by atoms with Crippen molar-refractivity contribution in [2.24, 2.45) is 0 Å². The quantitative estimate of drug-likeness (QED) is 0.847. The summed E-state index contributed by atoms with van der Waals surface area (Å²) in [6, 6.07) is 11.4. The molecule has 4 heteroatoms. The van der Waals surface area contributed by atoms with Crippen molar-refractivity contribution in [1.82, 2.24) is 14.8 Å². The summed E-state index contributed by atoms with van der Waals surface area (Å²) in [5.41, 5.74) is 2.50. The maximum Gasteiger partial charge on any atom is 0.191 e. The Balaban J connectivity index is 1.61. The van der Waals surface area contributed by atoms with Gasteiger partial charge >= 0.3 is 0 Å². The van der Waals surface area contributed by atoms with Crippen molar-refractivity contribution in [1.29, 1.82) is 0 Å². The van der Waals surface area contributed by atoms with Crippen molar-refractivity contribution in [3.63, 3.8) is 0 Å². The first-order valence-corrected chi connectivity index (χ1v) is 8.59. The molecular formula is C19H27N3O. The second kappa shape index (κ2) is 7.28. The average molecular weight is 313 g/mol. The minimum absolute atomic E-state index is 0.609. The summed E-state index contributed by atoms with van der Waals surface area (Å²) < 4.78 is 5.56. The molecule has 3 rings (SSSR count). The van der Waals surface area contributed by atoms with Crippen LogP contribution >= 0.6 is 0 Å². The summed E-state index contributed by atoms with van der Waals surface area (Å²) in [4.78, 5) is 9.65. The lowest BCUT2D eigenvalue weighted by Crippen LogP contribution is -2.52. The Bertz CT molecular complexity index is 623. The van der Waals surface area contributed by atoms with Gasteiger partial charge < -0.3 is 4.42 Å². The SMILES string of the molecule is CCC1CN(Cc2nc(C)oc2C)CCN1Cc1ccccc1. The van der Waals surface area contributed by atoms with Crippen LogP contribution in [0.4, 0.5) is 0 Å². The van der Waals surface area contributed by atoms with E-state index >= 15 is 0 Å². The molecule has 2 aromatic rings. The highest BCUT2D eigenvalue weighted by Crippen LogP contribution is 2.19. The summed E-state index contributed by atoms with van der Waals surface area (Å²) >= 11 is 0. The van der Waals surface area contributed by atoms with Crippen LogP contribution in [0.1, 0.15) is 36.3 Å². The molecule has 1 saturated heterocycles. The van der Waals surface area contributed by atoms with Gasteiger partial charge in [-0.25, -0.2) is 4.98 Å². The highest BCUT2D eigenvalue weighted by Gasteiger charge is 2.26. The van der Waals surface area contributed by atoms with Gasteiger partial charge in [-0.15, -0.1) is 0 Å². The van der Waals surface area contributed by atoms with Crippen molar-refractivity contribution in [3.8, 4) is 0 Å². The molecule has 1 aliphatic rings. The largest absolute Gasteiger partial charge is 0.446 e. The summed E-state index contributed by atoms with van der Waals surface area (Å²) in [6.07, 6.45) is 1.18. The van der Waals surface area contributed by atoms with Crippen LogP contribution in [-0.2, 0) is 13.1 Å². The predicted octanol–water partition coefficient (Wildman–Crippen LogP) is 3.39. The predicted molar refractivity (Wildman–Crippen MR) is 92.2 cm³/mol. The standard InChI is InChI=1S/C19H27N3O/c1-4-18-13-21(14-19-15(2)23-16(3)20-19)10-11-22(18)12-17-8-6-5-7-9-17/h5-9,18H,4,10-14H2,1-3H3. The number of hydrogen-bond donors (Lipinski definition) is 0. The molecule has 0 N–H and O–H groups in total. The molecule has 0 aliphatic carbocycles. The van der Waals surface area contributed by atoms with Crippen LogP contribution in [0, 0.1) is 13.8 Å². The molecule has 1 unspecified atom stereocenters. The van der Waals surface area contributed by atoms with Crippen molar-refractivity contribution < 1.29 is 4.42 Å². The monoisotopic (exact) mass is 313 g/mol. The molecule has 0 spiro atoms. The summed E-state index contributed by atoms with van der Waals surface area (Å²) in [5.74, 6) is 1.73. The Morgan fingerprint density at radius 3 is 2.57 bits per heavy atom. The first kappa shape index (κ1) is 16.2. The molecule has 124 valence electrons. The highest BCUT2D eigenvalue weighted by atomic mass is 16.4. The van der Waals surface area contributed by atoms with Gasteiger partial charge in [-0.1, -0.05) is 37.3 Å². The second-order valence-electron chi connectivity index (χ2n) is 6.49. The third kappa shape index (κ3) is 4.01. The van der Waals surface area contributed by atoms with Crippen molar-refractivity contribution in [3.05, 3.63) is 53.2 Å². The van der Waals surface area contributed by atoms with Gasteiger partial charge in [-0.2, -0.15) is 0 Å². The maximum absolute atomic E-state index is 5.56. The normalized spacial score (nSPS) is 20.0. The van der Waals surface area contributed by atoms with E-state index in [-0.39, 0.29) is 0 Å². The number of nitrogens with zero attached hydrogens (tertiary/aromatic N) is 3. The van der Waals surface area contributed by atoms with Crippen LogP contribution in [0.3, 0.4) is 0 Å². The molecule has 1 aromatic carbocycles. The number of oxazole rings is 1. The molecule has 1 fully saturated rings. The van der Waals surface area contributed by atoms with Gasteiger partial charge in [0.2, 0.25) is 0 Å². The average Bonchev–Trinajstić information content (AvgIpc) is 2.87. The van der Waals surface area contributed by atoms with E-state index in [1.54, 1.807) is 0 Å². The maximum atomic E-state index is 5.56. The van der Waals surface area contributed by atoms with E-state index in [1.165, 1.54) is 12.0 Å². The summed E-state index contributed by atoms with van der Waals surface area (Å²) in [6.45, 7) is 11.5. The van der Waals surface area contributed by atoms with Gasteiger partial charge in [0, 0.05) is 45.7 Å². The molecular weight excluding hydrogens is 286 g/mol. The van der Waals surface area contributed by atoms with E-state index in [9.17, 15) is 0 Å². The second-order valence-corrected chi connectivity index (χ2v) is 6.49. The lowest BCUT2D eigenvalue weighted by molar-refractivity contribution is 0.0612. The molecule has 1 aromatic heterocycles. The smallest absolute Gasteiger partial charge is 0.191 e. The van der Waals surface area contributed by atoms with Crippen LogP contribution in [0.5, 0.6) is 0 Å². The number of benzene rings is 1. The van der Waals surface area contributed by atoms with Gasteiger partial charge in [-0.3, -0.25) is 9.80 Å². The van der Waals surface area contributed by atoms with Gasteiger partial charge in [-0.05, 0) is 18.9 Å². The minimum Gasteiger partial charge on any atom is -0.446 e. The lowest BCUT2D eigenvalue weighted by Gasteiger charge is -2.41. The molecule has 4 nitrogen and oxygen atoms in total. The van der Waals surface area contributed by atoms with Crippen LogP contribution in [0.25, 0.3) is 0 Å². The lowest BCUT2D eigenvalue weighted by atomic mass is 10.1.